The van der Waals surface area contributed by atoms with Crippen molar-refractivity contribution in [2.45, 2.75) is 40.2 Å². The Bertz CT molecular complexity index is 381. The van der Waals surface area contributed by atoms with Gasteiger partial charge in [0, 0.05) is 0 Å². The minimum Gasteiger partial charge on any atom is -0.455 e. The van der Waals surface area contributed by atoms with Crippen LogP contribution in [0.1, 0.15) is 42.6 Å². The van der Waals surface area contributed by atoms with E-state index in [1.807, 2.05) is 34.6 Å². The first-order valence-electron chi connectivity index (χ1n) is 4.83. The summed E-state index contributed by atoms with van der Waals surface area (Å²) in [6.45, 7) is 9.12. The summed E-state index contributed by atoms with van der Waals surface area (Å²) in [7, 11) is 0. The topological polar surface area (TPSA) is 52.1 Å². The van der Waals surface area contributed by atoms with Gasteiger partial charge in [-0.15, -0.1) is 0 Å². The number of carbonyl (C=O) groups excluding carboxylic acids is 1. The van der Waals surface area contributed by atoms with Crippen LogP contribution in [0.15, 0.2) is 6.20 Å². The lowest BCUT2D eigenvalue weighted by Crippen LogP contribution is -2.24. The van der Waals surface area contributed by atoms with Crippen molar-refractivity contribution in [1.29, 1.82) is 0 Å². The monoisotopic (exact) mass is 208 g/mol. The number of rotatable bonds is 1. The Morgan fingerprint density at radius 3 is 2.33 bits per heavy atom. The van der Waals surface area contributed by atoms with E-state index in [1.165, 1.54) is 6.20 Å². The van der Waals surface area contributed by atoms with Crippen LogP contribution < -0.4 is 0 Å². The Hall–Kier alpha value is -1.45. The van der Waals surface area contributed by atoms with Crippen LogP contribution >= 0.6 is 0 Å². The molecule has 1 heterocycles. The molecule has 0 saturated carbocycles. The molecule has 0 spiro atoms. The highest BCUT2D eigenvalue weighted by molar-refractivity contribution is 5.87. The second-order valence-corrected chi connectivity index (χ2v) is 4.43. The van der Waals surface area contributed by atoms with E-state index in [2.05, 4.69) is 9.97 Å². The molecule has 15 heavy (non-hydrogen) atoms. The van der Waals surface area contributed by atoms with Gasteiger partial charge in [-0.1, -0.05) is 0 Å². The molecule has 82 valence electrons. The predicted molar refractivity (Wildman–Crippen MR) is 56.7 cm³/mol. The molecule has 0 aliphatic rings. The molecule has 1 aromatic heterocycles. The SMILES string of the molecule is Cc1ncc(C(=O)OC(C)(C)C)nc1C. The molecule has 4 nitrogen and oxygen atoms in total. The van der Waals surface area contributed by atoms with E-state index in [0.717, 1.165) is 11.4 Å². The molecule has 0 N–H and O–H groups in total. The predicted octanol–water partition coefficient (Wildman–Crippen LogP) is 2.05. The number of aryl methyl sites for hydroxylation is 2. The largest absolute Gasteiger partial charge is 0.455 e. The highest BCUT2D eigenvalue weighted by Gasteiger charge is 2.19. The first kappa shape index (κ1) is 11.6. The molecule has 4 heteroatoms. The van der Waals surface area contributed by atoms with Gasteiger partial charge in [0.2, 0.25) is 0 Å². The number of carbonyl (C=O) groups is 1. The molecule has 0 fully saturated rings. The van der Waals surface area contributed by atoms with Gasteiger partial charge in [-0.2, -0.15) is 0 Å². The number of hydrogen-bond donors (Lipinski definition) is 0. The first-order valence-corrected chi connectivity index (χ1v) is 4.83. The van der Waals surface area contributed by atoms with Gasteiger partial charge in [-0.05, 0) is 34.6 Å². The van der Waals surface area contributed by atoms with Crippen molar-refractivity contribution in [3.63, 3.8) is 0 Å². The molecular formula is C11H16N2O2. The maximum absolute atomic E-state index is 11.6. The maximum Gasteiger partial charge on any atom is 0.359 e. The second-order valence-electron chi connectivity index (χ2n) is 4.43. The highest BCUT2D eigenvalue weighted by Crippen LogP contribution is 2.11. The van der Waals surface area contributed by atoms with Crippen molar-refractivity contribution in [2.75, 3.05) is 0 Å². The normalized spacial score (nSPS) is 11.3. The minimum absolute atomic E-state index is 0.257. The van der Waals surface area contributed by atoms with Crippen molar-refractivity contribution in [3.05, 3.63) is 23.3 Å². The van der Waals surface area contributed by atoms with Gasteiger partial charge < -0.3 is 4.74 Å². The molecule has 0 aliphatic heterocycles. The lowest BCUT2D eigenvalue weighted by Gasteiger charge is -2.19. The third-order valence-electron chi connectivity index (χ3n) is 1.80. The summed E-state index contributed by atoms with van der Waals surface area (Å²) in [6.07, 6.45) is 1.44. The molecule has 1 aromatic rings. The lowest BCUT2D eigenvalue weighted by molar-refractivity contribution is 0.00620. The van der Waals surface area contributed by atoms with Crippen LogP contribution in [0.4, 0.5) is 0 Å². The standard InChI is InChI=1S/C11H16N2O2/c1-7-8(2)13-9(6-12-7)10(14)15-11(3,4)5/h6H,1-5H3. The Kier molecular flexibility index (Phi) is 3.07. The average molecular weight is 208 g/mol. The van der Waals surface area contributed by atoms with Crippen LogP contribution in [0.3, 0.4) is 0 Å². The van der Waals surface area contributed by atoms with E-state index in [0.29, 0.717) is 0 Å². The van der Waals surface area contributed by atoms with Crippen LogP contribution in [-0.2, 0) is 4.74 Å². The Morgan fingerprint density at radius 2 is 1.87 bits per heavy atom. The summed E-state index contributed by atoms with van der Waals surface area (Å²) in [5, 5.41) is 0. The van der Waals surface area contributed by atoms with E-state index < -0.39 is 11.6 Å². The molecule has 0 radical (unpaired) electrons. The summed E-state index contributed by atoms with van der Waals surface area (Å²) in [6, 6.07) is 0. The maximum atomic E-state index is 11.6. The zero-order chi connectivity index (χ0) is 11.6. The van der Waals surface area contributed by atoms with Crippen molar-refractivity contribution < 1.29 is 9.53 Å². The Morgan fingerprint density at radius 1 is 1.27 bits per heavy atom. The summed E-state index contributed by atoms with van der Waals surface area (Å²) >= 11 is 0. The summed E-state index contributed by atoms with van der Waals surface area (Å²) in [4.78, 5) is 19.8. The summed E-state index contributed by atoms with van der Waals surface area (Å²) in [5.74, 6) is -0.432. The number of aromatic nitrogens is 2. The van der Waals surface area contributed by atoms with Gasteiger partial charge in [-0.3, -0.25) is 4.98 Å². The van der Waals surface area contributed by atoms with Crippen LogP contribution in [0.5, 0.6) is 0 Å². The molecule has 0 saturated heterocycles. The van der Waals surface area contributed by atoms with Crippen molar-refractivity contribution >= 4 is 5.97 Å². The highest BCUT2D eigenvalue weighted by atomic mass is 16.6. The molecule has 0 amide bonds. The summed E-state index contributed by atoms with van der Waals surface area (Å²) < 4.78 is 5.18. The second kappa shape index (κ2) is 3.96. The number of ether oxygens (including phenoxy) is 1. The van der Waals surface area contributed by atoms with Crippen LogP contribution in [0.2, 0.25) is 0 Å². The van der Waals surface area contributed by atoms with Gasteiger partial charge in [0.15, 0.2) is 5.69 Å². The van der Waals surface area contributed by atoms with Crippen LogP contribution in [-0.4, -0.2) is 21.5 Å². The zero-order valence-electron chi connectivity index (χ0n) is 9.79. The third kappa shape index (κ3) is 3.31. The molecular weight excluding hydrogens is 192 g/mol. The first-order chi connectivity index (χ1) is 6.79. The van der Waals surface area contributed by atoms with Crippen molar-refractivity contribution in [2.24, 2.45) is 0 Å². The molecule has 0 aliphatic carbocycles. The number of esters is 1. The fourth-order valence-corrected chi connectivity index (χ4v) is 0.971. The van der Waals surface area contributed by atoms with E-state index in [9.17, 15) is 4.79 Å². The summed E-state index contributed by atoms with van der Waals surface area (Å²) in [5.41, 5.74) is 1.33. The molecule has 0 atom stereocenters. The van der Waals surface area contributed by atoms with Gasteiger partial charge in [0.1, 0.15) is 5.60 Å². The Labute approximate surface area is 89.7 Å². The van der Waals surface area contributed by atoms with Crippen molar-refractivity contribution in [1.82, 2.24) is 9.97 Å². The fourth-order valence-electron chi connectivity index (χ4n) is 0.971. The van der Waals surface area contributed by atoms with E-state index in [-0.39, 0.29) is 5.69 Å². The third-order valence-corrected chi connectivity index (χ3v) is 1.80. The zero-order valence-corrected chi connectivity index (χ0v) is 9.79. The molecule has 0 aromatic carbocycles. The molecule has 0 unspecified atom stereocenters. The van der Waals surface area contributed by atoms with E-state index in [1.54, 1.807) is 0 Å². The van der Waals surface area contributed by atoms with Crippen molar-refractivity contribution in [3.8, 4) is 0 Å². The van der Waals surface area contributed by atoms with Gasteiger partial charge in [-0.25, -0.2) is 9.78 Å². The van der Waals surface area contributed by atoms with Gasteiger partial charge in [0.05, 0.1) is 17.6 Å². The van der Waals surface area contributed by atoms with Gasteiger partial charge >= 0.3 is 5.97 Å². The number of nitrogens with zero attached hydrogens (tertiary/aromatic N) is 2. The smallest absolute Gasteiger partial charge is 0.359 e. The van der Waals surface area contributed by atoms with E-state index >= 15 is 0 Å². The van der Waals surface area contributed by atoms with Crippen LogP contribution in [0.25, 0.3) is 0 Å². The van der Waals surface area contributed by atoms with Crippen LogP contribution in [0, 0.1) is 13.8 Å². The fraction of sp³-hybridized carbons (Fsp3) is 0.545. The molecule has 0 bridgehead atoms. The lowest BCUT2D eigenvalue weighted by atomic mass is 10.2. The Balaban J connectivity index is 2.88. The van der Waals surface area contributed by atoms with E-state index in [4.69, 9.17) is 4.74 Å². The quantitative estimate of drug-likeness (QED) is 0.663. The molecule has 1 rings (SSSR count). The average Bonchev–Trinajstić information content (AvgIpc) is 2.06. The minimum atomic E-state index is -0.502. The number of hydrogen-bond acceptors (Lipinski definition) is 4. The van der Waals surface area contributed by atoms with Gasteiger partial charge in [0.25, 0.3) is 0 Å².